The van der Waals surface area contributed by atoms with Crippen LogP contribution < -0.4 is 5.32 Å². The molecule has 0 aliphatic heterocycles. The van der Waals surface area contributed by atoms with Crippen molar-refractivity contribution in [3.8, 4) is 0 Å². The fourth-order valence-electron chi connectivity index (χ4n) is 1.15. The quantitative estimate of drug-likeness (QED) is 0.557. The van der Waals surface area contributed by atoms with E-state index in [0.29, 0.717) is 6.10 Å². The summed E-state index contributed by atoms with van der Waals surface area (Å²) in [6.45, 7) is 7.78. The van der Waals surface area contributed by atoms with E-state index in [-0.39, 0.29) is 0 Å². The minimum atomic E-state index is 0.326. The molecule has 0 aliphatic rings. The van der Waals surface area contributed by atoms with Crippen LogP contribution in [-0.4, -0.2) is 39.5 Å². The molecule has 0 aromatic heterocycles. The maximum atomic E-state index is 5.38. The van der Waals surface area contributed by atoms with E-state index in [0.717, 1.165) is 32.7 Å². The lowest BCUT2D eigenvalue weighted by atomic mass is 10.3. The van der Waals surface area contributed by atoms with Crippen molar-refractivity contribution in [3.63, 3.8) is 0 Å². The summed E-state index contributed by atoms with van der Waals surface area (Å²) in [5.41, 5.74) is 0. The van der Waals surface area contributed by atoms with Crippen molar-refractivity contribution >= 4 is 0 Å². The van der Waals surface area contributed by atoms with Crippen molar-refractivity contribution in [1.82, 2.24) is 5.32 Å². The zero-order valence-electron chi connectivity index (χ0n) is 9.14. The number of hydrogen-bond acceptors (Lipinski definition) is 3. The highest BCUT2D eigenvalue weighted by atomic mass is 16.5. The zero-order valence-corrected chi connectivity index (χ0v) is 9.14. The SMILES string of the molecule is CCOC(C)CNCCCCOC. The lowest BCUT2D eigenvalue weighted by Crippen LogP contribution is -2.27. The van der Waals surface area contributed by atoms with Crippen molar-refractivity contribution in [2.45, 2.75) is 32.8 Å². The summed E-state index contributed by atoms with van der Waals surface area (Å²) in [6, 6.07) is 0. The van der Waals surface area contributed by atoms with Crippen LogP contribution in [0, 0.1) is 0 Å². The third-order valence-corrected chi connectivity index (χ3v) is 1.83. The van der Waals surface area contributed by atoms with Crippen LogP contribution in [0.25, 0.3) is 0 Å². The fourth-order valence-corrected chi connectivity index (χ4v) is 1.15. The van der Waals surface area contributed by atoms with Crippen LogP contribution in [0.15, 0.2) is 0 Å². The minimum Gasteiger partial charge on any atom is -0.385 e. The summed E-state index contributed by atoms with van der Waals surface area (Å²) < 4.78 is 10.3. The Kier molecular flexibility index (Phi) is 9.87. The molecule has 80 valence electrons. The van der Waals surface area contributed by atoms with Gasteiger partial charge in [-0.2, -0.15) is 0 Å². The zero-order chi connectivity index (χ0) is 9.94. The van der Waals surface area contributed by atoms with Crippen LogP contribution >= 0.6 is 0 Å². The first-order valence-electron chi connectivity index (χ1n) is 5.12. The highest BCUT2D eigenvalue weighted by Gasteiger charge is 1.98. The maximum Gasteiger partial charge on any atom is 0.0671 e. The van der Waals surface area contributed by atoms with Crippen LogP contribution in [0.2, 0.25) is 0 Å². The molecule has 1 unspecified atom stereocenters. The summed E-state index contributed by atoms with van der Waals surface area (Å²) >= 11 is 0. The molecule has 13 heavy (non-hydrogen) atoms. The molecule has 0 aromatic carbocycles. The minimum absolute atomic E-state index is 0.326. The van der Waals surface area contributed by atoms with Gasteiger partial charge in [-0.25, -0.2) is 0 Å². The Balaban J connectivity index is 2.97. The lowest BCUT2D eigenvalue weighted by molar-refractivity contribution is 0.0761. The van der Waals surface area contributed by atoms with E-state index in [9.17, 15) is 0 Å². The van der Waals surface area contributed by atoms with Crippen molar-refractivity contribution in [2.24, 2.45) is 0 Å². The van der Waals surface area contributed by atoms with Crippen LogP contribution in [0.4, 0.5) is 0 Å². The lowest BCUT2D eigenvalue weighted by Gasteiger charge is -2.12. The van der Waals surface area contributed by atoms with Crippen LogP contribution in [0.3, 0.4) is 0 Å². The Morgan fingerprint density at radius 3 is 2.69 bits per heavy atom. The largest absolute Gasteiger partial charge is 0.385 e. The summed E-state index contributed by atoms with van der Waals surface area (Å²) in [6.07, 6.45) is 2.63. The molecule has 0 fully saturated rings. The highest BCUT2D eigenvalue weighted by Crippen LogP contribution is 1.89. The van der Waals surface area contributed by atoms with E-state index in [1.54, 1.807) is 7.11 Å². The van der Waals surface area contributed by atoms with Crippen LogP contribution in [-0.2, 0) is 9.47 Å². The molecule has 0 radical (unpaired) electrons. The van der Waals surface area contributed by atoms with E-state index in [4.69, 9.17) is 9.47 Å². The maximum absolute atomic E-state index is 5.38. The van der Waals surface area contributed by atoms with Gasteiger partial charge in [-0.1, -0.05) is 0 Å². The molecule has 0 aromatic rings. The molecule has 3 heteroatoms. The third kappa shape index (κ3) is 9.80. The van der Waals surface area contributed by atoms with Gasteiger partial charge in [0, 0.05) is 26.9 Å². The van der Waals surface area contributed by atoms with Crippen LogP contribution in [0.5, 0.6) is 0 Å². The average molecular weight is 189 g/mol. The van der Waals surface area contributed by atoms with Crippen molar-refractivity contribution in [1.29, 1.82) is 0 Å². The molecule has 0 aliphatic carbocycles. The first kappa shape index (κ1) is 12.9. The van der Waals surface area contributed by atoms with E-state index < -0.39 is 0 Å². The number of ether oxygens (including phenoxy) is 2. The Bertz CT molecular complexity index is 98.9. The van der Waals surface area contributed by atoms with E-state index in [1.807, 2.05) is 6.92 Å². The molecule has 0 saturated carbocycles. The number of hydrogen-bond donors (Lipinski definition) is 1. The number of nitrogens with one attached hydrogen (secondary N) is 1. The van der Waals surface area contributed by atoms with E-state index >= 15 is 0 Å². The van der Waals surface area contributed by atoms with E-state index in [1.165, 1.54) is 6.42 Å². The second-order valence-corrected chi connectivity index (χ2v) is 3.17. The number of unbranched alkanes of at least 4 members (excludes halogenated alkanes) is 1. The van der Waals surface area contributed by atoms with Gasteiger partial charge in [-0.3, -0.25) is 0 Å². The Hall–Kier alpha value is -0.120. The summed E-state index contributed by atoms with van der Waals surface area (Å²) in [7, 11) is 1.74. The highest BCUT2D eigenvalue weighted by molar-refractivity contribution is 4.55. The third-order valence-electron chi connectivity index (χ3n) is 1.83. The van der Waals surface area contributed by atoms with E-state index in [2.05, 4.69) is 12.2 Å². The molecule has 1 atom stereocenters. The second kappa shape index (κ2) is 9.96. The van der Waals surface area contributed by atoms with Gasteiger partial charge in [0.25, 0.3) is 0 Å². The predicted molar refractivity (Wildman–Crippen MR) is 55.1 cm³/mol. The molecule has 3 nitrogen and oxygen atoms in total. The van der Waals surface area contributed by atoms with Gasteiger partial charge in [0.05, 0.1) is 6.10 Å². The number of rotatable bonds is 9. The van der Waals surface area contributed by atoms with Gasteiger partial charge < -0.3 is 14.8 Å². The smallest absolute Gasteiger partial charge is 0.0671 e. The topological polar surface area (TPSA) is 30.5 Å². The molecule has 0 amide bonds. The van der Waals surface area contributed by atoms with Gasteiger partial charge in [-0.05, 0) is 33.2 Å². The first-order chi connectivity index (χ1) is 6.31. The van der Waals surface area contributed by atoms with Gasteiger partial charge in [-0.15, -0.1) is 0 Å². The average Bonchev–Trinajstić information content (AvgIpc) is 2.11. The Morgan fingerprint density at radius 2 is 2.08 bits per heavy atom. The molecule has 1 N–H and O–H groups in total. The molecule has 0 saturated heterocycles. The van der Waals surface area contributed by atoms with Gasteiger partial charge in [0.15, 0.2) is 0 Å². The second-order valence-electron chi connectivity index (χ2n) is 3.17. The standard InChI is InChI=1S/C10H23NO2/c1-4-13-10(2)9-11-7-5-6-8-12-3/h10-11H,4-9H2,1-3H3. The summed E-state index contributed by atoms with van der Waals surface area (Å²) in [5.74, 6) is 0. The fraction of sp³-hybridized carbons (Fsp3) is 1.00. The first-order valence-corrected chi connectivity index (χ1v) is 5.12. The molecule has 0 spiro atoms. The van der Waals surface area contributed by atoms with Gasteiger partial charge in [0.1, 0.15) is 0 Å². The summed E-state index contributed by atoms with van der Waals surface area (Å²) in [5, 5.41) is 3.35. The predicted octanol–water partition coefficient (Wildman–Crippen LogP) is 1.43. The monoisotopic (exact) mass is 189 g/mol. The number of methoxy groups -OCH3 is 1. The summed E-state index contributed by atoms with van der Waals surface area (Å²) in [4.78, 5) is 0. The van der Waals surface area contributed by atoms with Crippen molar-refractivity contribution in [3.05, 3.63) is 0 Å². The Morgan fingerprint density at radius 1 is 1.31 bits per heavy atom. The molecule has 0 rings (SSSR count). The van der Waals surface area contributed by atoms with Crippen molar-refractivity contribution in [2.75, 3.05) is 33.4 Å². The molecule has 0 bridgehead atoms. The normalized spacial score (nSPS) is 13.2. The Labute approximate surface area is 81.8 Å². The van der Waals surface area contributed by atoms with Crippen LogP contribution in [0.1, 0.15) is 26.7 Å². The molecular weight excluding hydrogens is 166 g/mol. The van der Waals surface area contributed by atoms with Gasteiger partial charge >= 0.3 is 0 Å². The van der Waals surface area contributed by atoms with Gasteiger partial charge in [0.2, 0.25) is 0 Å². The molecular formula is C10H23NO2. The van der Waals surface area contributed by atoms with Crippen molar-refractivity contribution < 1.29 is 9.47 Å². The molecule has 0 heterocycles.